The monoisotopic (exact) mass is 227 g/mol. The maximum Gasteiger partial charge on any atom is 0.235 e. The molecule has 2 rings (SSSR count). The van der Waals surface area contributed by atoms with Crippen LogP contribution in [0.2, 0.25) is 0 Å². The van der Waals surface area contributed by atoms with Crippen molar-refractivity contribution in [3.63, 3.8) is 0 Å². The van der Waals surface area contributed by atoms with Gasteiger partial charge < -0.3 is 9.47 Å². The standard InChI is InChI=1S/C10H7F2NO3/c11-7-3-8-10(16-2-1-15-8)6(9(7)12)4-13-5-14/h3H,1-2,4H2. The second kappa shape index (κ2) is 4.28. The number of hydrogen-bond donors (Lipinski definition) is 0. The van der Waals surface area contributed by atoms with Gasteiger partial charge in [-0.05, 0) is 0 Å². The Kier molecular flexibility index (Phi) is 2.83. The van der Waals surface area contributed by atoms with Crippen molar-refractivity contribution in [1.82, 2.24) is 0 Å². The first-order valence-corrected chi connectivity index (χ1v) is 4.54. The van der Waals surface area contributed by atoms with Crippen LogP contribution in [0, 0.1) is 11.6 Å². The summed E-state index contributed by atoms with van der Waals surface area (Å²) in [6.07, 6.45) is 1.26. The zero-order valence-electron chi connectivity index (χ0n) is 8.13. The SMILES string of the molecule is O=C=NCc1c(F)c(F)cc2c1OCCO2. The Labute approximate surface area is 89.5 Å². The van der Waals surface area contributed by atoms with Crippen LogP contribution >= 0.6 is 0 Å². The molecule has 4 nitrogen and oxygen atoms in total. The summed E-state index contributed by atoms with van der Waals surface area (Å²) in [5.41, 5.74) is -0.127. The van der Waals surface area contributed by atoms with Gasteiger partial charge in [0.1, 0.15) is 13.2 Å². The van der Waals surface area contributed by atoms with E-state index in [2.05, 4.69) is 4.99 Å². The van der Waals surface area contributed by atoms with Crippen LogP contribution in [0.1, 0.15) is 5.56 Å². The van der Waals surface area contributed by atoms with Gasteiger partial charge >= 0.3 is 0 Å². The molecule has 0 bridgehead atoms. The lowest BCUT2D eigenvalue weighted by molar-refractivity contribution is 0.167. The van der Waals surface area contributed by atoms with Crippen molar-refractivity contribution in [2.75, 3.05) is 13.2 Å². The topological polar surface area (TPSA) is 47.9 Å². The van der Waals surface area contributed by atoms with Crippen molar-refractivity contribution in [3.8, 4) is 11.5 Å². The van der Waals surface area contributed by atoms with E-state index in [4.69, 9.17) is 9.47 Å². The van der Waals surface area contributed by atoms with E-state index in [1.54, 1.807) is 0 Å². The highest BCUT2D eigenvalue weighted by Crippen LogP contribution is 2.37. The summed E-state index contributed by atoms with van der Waals surface area (Å²) in [4.78, 5) is 13.2. The largest absolute Gasteiger partial charge is 0.486 e. The van der Waals surface area contributed by atoms with Crippen LogP contribution in [-0.4, -0.2) is 19.3 Å². The number of carbonyl (C=O) groups excluding carboxylic acids is 1. The summed E-state index contributed by atoms with van der Waals surface area (Å²) < 4.78 is 36.8. The Hall–Kier alpha value is -1.94. The summed E-state index contributed by atoms with van der Waals surface area (Å²) in [5, 5.41) is 0. The first-order chi connectivity index (χ1) is 7.74. The molecule has 0 amide bonds. The van der Waals surface area contributed by atoms with E-state index < -0.39 is 11.6 Å². The maximum atomic E-state index is 13.4. The molecule has 1 aromatic carbocycles. The predicted octanol–water partition coefficient (Wildman–Crippen LogP) is 1.57. The third-order valence-corrected chi connectivity index (χ3v) is 2.12. The smallest absolute Gasteiger partial charge is 0.235 e. The summed E-state index contributed by atoms with van der Waals surface area (Å²) in [5.74, 6) is -1.91. The Morgan fingerprint density at radius 3 is 2.88 bits per heavy atom. The first kappa shape index (κ1) is 10.6. The molecule has 84 valence electrons. The van der Waals surface area contributed by atoms with Crippen molar-refractivity contribution in [2.24, 2.45) is 4.99 Å². The molecular formula is C10H7F2NO3. The van der Waals surface area contributed by atoms with Crippen LogP contribution in [-0.2, 0) is 11.3 Å². The van der Waals surface area contributed by atoms with Crippen molar-refractivity contribution in [2.45, 2.75) is 6.54 Å². The highest BCUT2D eigenvalue weighted by Gasteiger charge is 2.23. The fourth-order valence-electron chi connectivity index (χ4n) is 1.45. The molecule has 1 aliphatic heterocycles. The molecular weight excluding hydrogens is 220 g/mol. The molecule has 0 aromatic heterocycles. The van der Waals surface area contributed by atoms with Gasteiger partial charge in [0.15, 0.2) is 23.1 Å². The zero-order chi connectivity index (χ0) is 11.5. The third kappa shape index (κ3) is 1.75. The molecule has 0 atom stereocenters. The Morgan fingerprint density at radius 2 is 2.12 bits per heavy atom. The number of aliphatic imine (C=N–C) groups is 1. The number of halogens is 2. The van der Waals surface area contributed by atoms with Crippen LogP contribution in [0.15, 0.2) is 11.1 Å². The molecule has 1 aromatic rings. The summed E-state index contributed by atoms with van der Waals surface area (Å²) in [7, 11) is 0. The normalized spacial score (nSPS) is 13.1. The number of ether oxygens (including phenoxy) is 2. The average molecular weight is 227 g/mol. The number of rotatable bonds is 2. The van der Waals surface area contributed by atoms with Gasteiger partial charge in [-0.3, -0.25) is 0 Å². The van der Waals surface area contributed by atoms with Crippen molar-refractivity contribution < 1.29 is 23.0 Å². The molecule has 1 aliphatic rings. The molecule has 0 saturated heterocycles. The summed E-state index contributed by atoms with van der Waals surface area (Å²) in [6.45, 7) is 0.198. The molecule has 0 radical (unpaired) electrons. The predicted molar refractivity (Wildman–Crippen MR) is 49.2 cm³/mol. The number of benzene rings is 1. The average Bonchev–Trinajstić information content (AvgIpc) is 2.30. The highest BCUT2D eigenvalue weighted by atomic mass is 19.2. The molecule has 0 fully saturated rings. The van der Waals surface area contributed by atoms with Gasteiger partial charge in [-0.2, -0.15) is 0 Å². The van der Waals surface area contributed by atoms with Gasteiger partial charge in [0, 0.05) is 6.07 Å². The Bertz CT molecular complexity index is 470. The van der Waals surface area contributed by atoms with Crippen molar-refractivity contribution in [1.29, 1.82) is 0 Å². The van der Waals surface area contributed by atoms with Gasteiger partial charge in [-0.1, -0.05) is 0 Å². The summed E-state index contributed by atoms with van der Waals surface area (Å²) in [6, 6.07) is 0.915. The number of nitrogens with zero attached hydrogens (tertiary/aromatic N) is 1. The van der Waals surface area contributed by atoms with Gasteiger partial charge in [0.05, 0.1) is 12.1 Å². The van der Waals surface area contributed by atoms with Crippen LogP contribution < -0.4 is 9.47 Å². The molecule has 0 spiro atoms. The number of hydrogen-bond acceptors (Lipinski definition) is 4. The van der Waals surface area contributed by atoms with Gasteiger partial charge in [0.2, 0.25) is 6.08 Å². The first-order valence-electron chi connectivity index (χ1n) is 4.54. The van der Waals surface area contributed by atoms with Crippen LogP contribution in [0.4, 0.5) is 8.78 Å². The second-order valence-electron chi connectivity index (χ2n) is 3.08. The van der Waals surface area contributed by atoms with E-state index in [0.29, 0.717) is 0 Å². The van der Waals surface area contributed by atoms with E-state index in [-0.39, 0.29) is 36.8 Å². The Morgan fingerprint density at radius 1 is 1.38 bits per heavy atom. The van der Waals surface area contributed by atoms with Crippen molar-refractivity contribution >= 4 is 6.08 Å². The van der Waals surface area contributed by atoms with E-state index in [1.165, 1.54) is 6.08 Å². The zero-order valence-corrected chi connectivity index (χ0v) is 8.13. The van der Waals surface area contributed by atoms with E-state index in [0.717, 1.165) is 6.07 Å². The van der Waals surface area contributed by atoms with E-state index >= 15 is 0 Å². The van der Waals surface area contributed by atoms with Gasteiger partial charge in [-0.15, -0.1) is 0 Å². The van der Waals surface area contributed by atoms with Crippen LogP contribution in [0.5, 0.6) is 11.5 Å². The quantitative estimate of drug-likeness (QED) is 0.569. The van der Waals surface area contributed by atoms with Gasteiger partial charge in [0.25, 0.3) is 0 Å². The number of fused-ring (bicyclic) bond motifs is 1. The molecule has 0 unspecified atom stereocenters. The Balaban J connectivity index is 2.53. The lowest BCUT2D eigenvalue weighted by Crippen LogP contribution is -2.17. The number of isocyanates is 1. The lowest BCUT2D eigenvalue weighted by atomic mass is 10.1. The van der Waals surface area contributed by atoms with Crippen LogP contribution in [0.3, 0.4) is 0 Å². The fourth-order valence-corrected chi connectivity index (χ4v) is 1.45. The third-order valence-electron chi connectivity index (χ3n) is 2.12. The van der Waals surface area contributed by atoms with Crippen molar-refractivity contribution in [3.05, 3.63) is 23.3 Å². The van der Waals surface area contributed by atoms with E-state index in [1.807, 2.05) is 0 Å². The van der Waals surface area contributed by atoms with Gasteiger partial charge in [-0.25, -0.2) is 18.6 Å². The minimum absolute atomic E-state index is 0.101. The minimum Gasteiger partial charge on any atom is -0.486 e. The highest BCUT2D eigenvalue weighted by molar-refractivity contribution is 5.49. The molecule has 1 heterocycles. The molecule has 16 heavy (non-hydrogen) atoms. The molecule has 0 aliphatic carbocycles. The molecule has 6 heteroatoms. The molecule has 0 N–H and O–H groups in total. The van der Waals surface area contributed by atoms with E-state index in [9.17, 15) is 13.6 Å². The summed E-state index contributed by atoms with van der Waals surface area (Å²) >= 11 is 0. The maximum absolute atomic E-state index is 13.4. The lowest BCUT2D eigenvalue weighted by Gasteiger charge is -2.20. The second-order valence-corrected chi connectivity index (χ2v) is 3.08. The molecule has 0 saturated carbocycles. The minimum atomic E-state index is -1.08. The van der Waals surface area contributed by atoms with Crippen LogP contribution in [0.25, 0.3) is 0 Å². The fraction of sp³-hybridized carbons (Fsp3) is 0.300.